The smallest absolute Gasteiger partial charge is 0.251 e. The summed E-state index contributed by atoms with van der Waals surface area (Å²) in [5, 5.41) is 3.13. The minimum absolute atomic E-state index is 0.0330. The van der Waals surface area contributed by atoms with E-state index in [9.17, 15) is 13.2 Å². The molecule has 32 heavy (non-hydrogen) atoms. The fraction of sp³-hybridized carbons (Fsp3) is 0.269. The van der Waals surface area contributed by atoms with Crippen molar-refractivity contribution in [1.29, 1.82) is 0 Å². The third kappa shape index (κ3) is 5.64. The molecule has 0 spiro atoms. The molecule has 1 aliphatic carbocycles. The van der Waals surface area contributed by atoms with Gasteiger partial charge in [0.2, 0.25) is 10.0 Å². The van der Waals surface area contributed by atoms with Gasteiger partial charge in [0.15, 0.2) is 0 Å². The first-order valence-corrected chi connectivity index (χ1v) is 12.5. The number of carbonyl (C=O) groups excluding carboxylic acids is 1. The van der Waals surface area contributed by atoms with Crippen molar-refractivity contribution in [2.45, 2.75) is 49.6 Å². The molecule has 3 aromatic carbocycles. The van der Waals surface area contributed by atoms with Crippen LogP contribution in [0.1, 0.15) is 48.0 Å². The molecule has 3 aromatic rings. The molecule has 1 aliphatic rings. The Labute approximate surface area is 189 Å². The van der Waals surface area contributed by atoms with Gasteiger partial charge in [-0.1, -0.05) is 73.9 Å². The Hall–Kier alpha value is -2.96. The van der Waals surface area contributed by atoms with Crippen molar-refractivity contribution >= 4 is 15.9 Å². The molecule has 0 bridgehead atoms. The first kappa shape index (κ1) is 22.2. The van der Waals surface area contributed by atoms with E-state index in [0.717, 1.165) is 29.5 Å². The molecule has 0 heterocycles. The molecular formula is C26H28N2O3S. The summed E-state index contributed by atoms with van der Waals surface area (Å²) in [4.78, 5) is 12.7. The maximum atomic E-state index is 12.6. The van der Waals surface area contributed by atoms with Crippen LogP contribution in [0.2, 0.25) is 0 Å². The average molecular weight is 449 g/mol. The summed E-state index contributed by atoms with van der Waals surface area (Å²) < 4.78 is 27.8. The van der Waals surface area contributed by atoms with E-state index in [1.165, 1.54) is 19.3 Å². The molecule has 0 aromatic heterocycles. The predicted molar refractivity (Wildman–Crippen MR) is 127 cm³/mol. The Morgan fingerprint density at radius 2 is 1.38 bits per heavy atom. The first-order valence-electron chi connectivity index (χ1n) is 11.1. The lowest BCUT2D eigenvalue weighted by Gasteiger charge is -2.22. The molecule has 6 heteroatoms. The normalized spacial score (nSPS) is 14.8. The zero-order valence-electron chi connectivity index (χ0n) is 18.0. The first-order chi connectivity index (χ1) is 15.5. The van der Waals surface area contributed by atoms with Crippen molar-refractivity contribution in [3.05, 3.63) is 90.0 Å². The number of rotatable bonds is 7. The number of sulfonamides is 1. The number of hydrogen-bond donors (Lipinski definition) is 2. The predicted octanol–water partition coefficient (Wildman–Crippen LogP) is 4.89. The Morgan fingerprint density at radius 1 is 0.781 bits per heavy atom. The van der Waals surface area contributed by atoms with E-state index in [1.807, 2.05) is 54.6 Å². The van der Waals surface area contributed by atoms with Crippen LogP contribution < -0.4 is 10.0 Å². The van der Waals surface area contributed by atoms with Gasteiger partial charge in [0.1, 0.15) is 0 Å². The van der Waals surface area contributed by atoms with Crippen LogP contribution in [0, 0.1) is 0 Å². The molecule has 0 atom stereocenters. The number of hydrogen-bond acceptors (Lipinski definition) is 3. The summed E-state index contributed by atoms with van der Waals surface area (Å²) in [6.07, 6.45) is 5.72. The molecule has 2 N–H and O–H groups in total. The van der Waals surface area contributed by atoms with Gasteiger partial charge in [-0.2, -0.15) is 0 Å². The molecular weight excluding hydrogens is 420 g/mol. The molecule has 166 valence electrons. The third-order valence-corrected chi connectivity index (χ3v) is 7.31. The highest BCUT2D eigenvalue weighted by molar-refractivity contribution is 7.89. The molecule has 5 nitrogen and oxygen atoms in total. The van der Waals surface area contributed by atoms with Crippen LogP contribution in [0.4, 0.5) is 0 Å². The van der Waals surface area contributed by atoms with E-state index >= 15 is 0 Å². The van der Waals surface area contributed by atoms with Gasteiger partial charge in [-0.3, -0.25) is 4.79 Å². The summed E-state index contributed by atoms with van der Waals surface area (Å²) in [5.41, 5.74) is 3.37. The van der Waals surface area contributed by atoms with Crippen LogP contribution in [0.15, 0.2) is 83.8 Å². The topological polar surface area (TPSA) is 75.3 Å². The van der Waals surface area contributed by atoms with E-state index in [1.54, 1.807) is 24.3 Å². The van der Waals surface area contributed by atoms with E-state index in [2.05, 4.69) is 10.0 Å². The van der Waals surface area contributed by atoms with Crippen LogP contribution in [0.25, 0.3) is 11.1 Å². The summed E-state index contributed by atoms with van der Waals surface area (Å²) in [7, 11) is -3.59. The van der Waals surface area contributed by atoms with Gasteiger partial charge in [-0.15, -0.1) is 0 Å². The van der Waals surface area contributed by atoms with Crippen molar-refractivity contribution < 1.29 is 13.2 Å². The third-order valence-electron chi connectivity index (χ3n) is 5.89. The van der Waals surface area contributed by atoms with E-state index in [0.29, 0.717) is 5.56 Å². The molecule has 4 rings (SSSR count). The van der Waals surface area contributed by atoms with Gasteiger partial charge in [0.25, 0.3) is 5.91 Å². The molecule has 0 radical (unpaired) electrons. The SMILES string of the molecule is O=C(NC1CCCCC1)c1ccc(-c2ccc(S(=O)(=O)NCc3ccccc3)cc2)cc1. The largest absolute Gasteiger partial charge is 0.349 e. The summed E-state index contributed by atoms with van der Waals surface area (Å²) in [5.74, 6) is -0.0330. The van der Waals surface area contributed by atoms with Gasteiger partial charge in [-0.05, 0) is 53.8 Å². The maximum Gasteiger partial charge on any atom is 0.251 e. The van der Waals surface area contributed by atoms with E-state index in [4.69, 9.17) is 0 Å². The van der Waals surface area contributed by atoms with Gasteiger partial charge >= 0.3 is 0 Å². The molecule has 0 aliphatic heterocycles. The van der Waals surface area contributed by atoms with Crippen molar-refractivity contribution in [3.8, 4) is 11.1 Å². The Kier molecular flexibility index (Phi) is 7.02. The zero-order chi connectivity index (χ0) is 22.4. The van der Waals surface area contributed by atoms with Crippen molar-refractivity contribution in [1.82, 2.24) is 10.0 Å². The second kappa shape index (κ2) is 10.1. The second-order valence-electron chi connectivity index (χ2n) is 8.22. The Morgan fingerprint density at radius 3 is 2.00 bits per heavy atom. The molecule has 0 saturated heterocycles. The van der Waals surface area contributed by atoms with Crippen molar-refractivity contribution in [2.75, 3.05) is 0 Å². The zero-order valence-corrected chi connectivity index (χ0v) is 18.8. The monoisotopic (exact) mass is 448 g/mol. The highest BCUT2D eigenvalue weighted by atomic mass is 32.2. The number of carbonyl (C=O) groups is 1. The number of benzene rings is 3. The highest BCUT2D eigenvalue weighted by Crippen LogP contribution is 2.23. The second-order valence-corrected chi connectivity index (χ2v) is 9.99. The molecule has 1 fully saturated rings. The number of amides is 1. The average Bonchev–Trinajstić information content (AvgIpc) is 2.84. The van der Waals surface area contributed by atoms with Crippen LogP contribution in [0.5, 0.6) is 0 Å². The minimum Gasteiger partial charge on any atom is -0.349 e. The number of nitrogens with one attached hydrogen (secondary N) is 2. The van der Waals surface area contributed by atoms with Gasteiger partial charge in [0.05, 0.1) is 4.90 Å². The Balaban J connectivity index is 1.39. The van der Waals surface area contributed by atoms with Crippen molar-refractivity contribution in [2.24, 2.45) is 0 Å². The van der Waals surface area contributed by atoms with E-state index in [-0.39, 0.29) is 23.4 Å². The van der Waals surface area contributed by atoms with Gasteiger partial charge < -0.3 is 5.32 Å². The molecule has 1 amide bonds. The van der Waals surface area contributed by atoms with Crippen LogP contribution in [-0.4, -0.2) is 20.4 Å². The van der Waals surface area contributed by atoms with Crippen LogP contribution in [0.3, 0.4) is 0 Å². The lowest BCUT2D eigenvalue weighted by molar-refractivity contribution is 0.0927. The summed E-state index contributed by atoms with van der Waals surface area (Å²) >= 11 is 0. The molecule has 1 saturated carbocycles. The van der Waals surface area contributed by atoms with Gasteiger partial charge in [-0.25, -0.2) is 13.1 Å². The maximum absolute atomic E-state index is 12.6. The Bertz CT molecular complexity index is 1140. The fourth-order valence-corrected chi connectivity index (χ4v) is 5.03. The quantitative estimate of drug-likeness (QED) is 0.540. The lowest BCUT2D eigenvalue weighted by Crippen LogP contribution is -2.36. The summed E-state index contributed by atoms with van der Waals surface area (Å²) in [6.45, 7) is 0.245. The van der Waals surface area contributed by atoms with Gasteiger partial charge in [0, 0.05) is 18.2 Å². The molecule has 0 unspecified atom stereocenters. The van der Waals surface area contributed by atoms with Crippen molar-refractivity contribution in [3.63, 3.8) is 0 Å². The van der Waals surface area contributed by atoms with E-state index < -0.39 is 10.0 Å². The lowest BCUT2D eigenvalue weighted by atomic mass is 9.95. The van der Waals surface area contributed by atoms with Crippen LogP contribution in [-0.2, 0) is 16.6 Å². The fourth-order valence-electron chi connectivity index (χ4n) is 4.01. The summed E-state index contributed by atoms with van der Waals surface area (Å²) in [6, 6.07) is 23.9. The highest BCUT2D eigenvalue weighted by Gasteiger charge is 2.17. The van der Waals surface area contributed by atoms with Crippen LogP contribution >= 0.6 is 0 Å². The standard InChI is InChI=1S/C26H28N2O3S/c29-26(28-24-9-5-2-6-10-24)23-13-11-21(12-14-23)22-15-17-25(18-16-22)32(30,31)27-19-20-7-3-1-4-8-20/h1,3-4,7-8,11-18,24,27H,2,5-6,9-10,19H2,(H,28,29). The minimum atomic E-state index is -3.59.